The summed E-state index contributed by atoms with van der Waals surface area (Å²) in [5, 5.41) is 13.7. The Balaban J connectivity index is 2.33. The van der Waals surface area contributed by atoms with Crippen LogP contribution >= 0.6 is 0 Å². The van der Waals surface area contributed by atoms with Crippen molar-refractivity contribution < 1.29 is 9.84 Å². The molecule has 1 aromatic rings. The van der Waals surface area contributed by atoms with Crippen LogP contribution in [0.2, 0.25) is 0 Å². The lowest BCUT2D eigenvalue weighted by atomic mass is 10.1. The highest BCUT2D eigenvalue weighted by Gasteiger charge is 2.13. The minimum atomic E-state index is -0.403. The molecule has 14 heavy (non-hydrogen) atoms. The Morgan fingerprint density at radius 3 is 2.86 bits per heavy atom. The fraction of sp³-hybridized carbons (Fsp3) is 0.700. The van der Waals surface area contributed by atoms with Crippen LogP contribution in [-0.2, 0) is 18.2 Å². The van der Waals surface area contributed by atoms with Gasteiger partial charge in [-0.05, 0) is 25.3 Å². The van der Waals surface area contributed by atoms with Crippen molar-refractivity contribution in [2.45, 2.75) is 32.0 Å². The molecule has 1 rings (SSSR count). The molecule has 0 aromatic carbocycles. The van der Waals surface area contributed by atoms with Gasteiger partial charge in [0.1, 0.15) is 0 Å². The third kappa shape index (κ3) is 3.12. The second kappa shape index (κ2) is 5.12. The minimum absolute atomic E-state index is 0.105. The monoisotopic (exact) mass is 198 g/mol. The molecule has 0 saturated carbocycles. The van der Waals surface area contributed by atoms with E-state index in [1.54, 1.807) is 11.8 Å². The molecule has 0 aliphatic carbocycles. The molecule has 4 heteroatoms. The van der Waals surface area contributed by atoms with Gasteiger partial charge >= 0.3 is 0 Å². The fourth-order valence-corrected chi connectivity index (χ4v) is 1.31. The molecule has 1 N–H and O–H groups in total. The zero-order valence-corrected chi connectivity index (χ0v) is 8.97. The molecule has 0 amide bonds. The van der Waals surface area contributed by atoms with Crippen LogP contribution in [0.25, 0.3) is 0 Å². The zero-order chi connectivity index (χ0) is 10.6. The van der Waals surface area contributed by atoms with Crippen LogP contribution in [0.1, 0.15) is 18.9 Å². The first kappa shape index (κ1) is 11.2. The van der Waals surface area contributed by atoms with Crippen LogP contribution in [0.3, 0.4) is 0 Å². The van der Waals surface area contributed by atoms with Crippen molar-refractivity contribution in [2.24, 2.45) is 7.05 Å². The number of aliphatic hydroxyl groups is 1. The second-order valence-electron chi connectivity index (χ2n) is 3.57. The number of aromatic nitrogens is 2. The van der Waals surface area contributed by atoms with Gasteiger partial charge in [0, 0.05) is 20.4 Å². The molecule has 1 heterocycles. The van der Waals surface area contributed by atoms with Crippen LogP contribution < -0.4 is 0 Å². The zero-order valence-electron chi connectivity index (χ0n) is 8.97. The topological polar surface area (TPSA) is 47.3 Å². The number of ether oxygens (including phenoxy) is 1. The van der Waals surface area contributed by atoms with Gasteiger partial charge in [-0.1, -0.05) is 0 Å². The second-order valence-corrected chi connectivity index (χ2v) is 3.57. The molecular formula is C10H18N2O2. The molecule has 0 bridgehead atoms. The number of aryl methyl sites for hydroxylation is 2. The number of hydrogen-bond acceptors (Lipinski definition) is 3. The van der Waals surface area contributed by atoms with Gasteiger partial charge in [0.25, 0.3) is 0 Å². The Bertz CT molecular complexity index is 273. The lowest BCUT2D eigenvalue weighted by molar-refractivity contribution is -0.00393. The maximum absolute atomic E-state index is 9.63. The number of aliphatic hydroxyl groups excluding tert-OH is 1. The molecule has 0 fully saturated rings. The number of methoxy groups -OCH3 is 1. The fourth-order valence-electron chi connectivity index (χ4n) is 1.31. The van der Waals surface area contributed by atoms with Gasteiger partial charge in [0.2, 0.25) is 0 Å². The van der Waals surface area contributed by atoms with Gasteiger partial charge in [-0.2, -0.15) is 5.10 Å². The molecular weight excluding hydrogens is 180 g/mol. The number of hydrogen-bond donors (Lipinski definition) is 1. The highest BCUT2D eigenvalue weighted by molar-refractivity contribution is 5.03. The van der Waals surface area contributed by atoms with Gasteiger partial charge in [0.15, 0.2) is 0 Å². The Kier molecular flexibility index (Phi) is 4.10. The molecule has 4 nitrogen and oxygen atoms in total. The van der Waals surface area contributed by atoms with Gasteiger partial charge < -0.3 is 9.84 Å². The maximum Gasteiger partial charge on any atom is 0.0802 e. The van der Waals surface area contributed by atoms with E-state index in [0.29, 0.717) is 6.42 Å². The quantitative estimate of drug-likeness (QED) is 0.759. The van der Waals surface area contributed by atoms with Crippen molar-refractivity contribution in [1.82, 2.24) is 9.78 Å². The standard InChI is InChI=1S/C10H18N2O2/c1-8(14-3)10(13)5-4-9-6-11-12(2)7-9/h6-8,10,13H,4-5H2,1-3H3. The first-order valence-corrected chi connectivity index (χ1v) is 4.82. The lowest BCUT2D eigenvalue weighted by Gasteiger charge is -2.16. The lowest BCUT2D eigenvalue weighted by Crippen LogP contribution is -2.25. The molecule has 0 spiro atoms. The molecule has 2 unspecified atom stereocenters. The van der Waals surface area contributed by atoms with E-state index < -0.39 is 6.10 Å². The van der Waals surface area contributed by atoms with E-state index in [0.717, 1.165) is 12.0 Å². The summed E-state index contributed by atoms with van der Waals surface area (Å²) in [7, 11) is 3.50. The van der Waals surface area contributed by atoms with E-state index in [1.165, 1.54) is 0 Å². The Labute approximate surface area is 84.5 Å². The van der Waals surface area contributed by atoms with Crippen molar-refractivity contribution >= 4 is 0 Å². The summed E-state index contributed by atoms with van der Waals surface area (Å²) < 4.78 is 6.80. The van der Waals surface area contributed by atoms with Crippen molar-refractivity contribution in [2.75, 3.05) is 7.11 Å². The third-order valence-corrected chi connectivity index (χ3v) is 2.40. The normalized spacial score (nSPS) is 15.4. The molecule has 1 aromatic heterocycles. The average Bonchev–Trinajstić information content (AvgIpc) is 2.59. The molecule has 80 valence electrons. The molecule has 0 saturated heterocycles. The maximum atomic E-state index is 9.63. The highest BCUT2D eigenvalue weighted by atomic mass is 16.5. The number of rotatable bonds is 5. The van der Waals surface area contributed by atoms with Crippen LogP contribution in [0.15, 0.2) is 12.4 Å². The van der Waals surface area contributed by atoms with E-state index in [4.69, 9.17) is 4.74 Å². The number of nitrogens with zero attached hydrogens (tertiary/aromatic N) is 2. The van der Waals surface area contributed by atoms with Crippen molar-refractivity contribution in [3.8, 4) is 0 Å². The first-order valence-electron chi connectivity index (χ1n) is 4.82. The Morgan fingerprint density at radius 2 is 2.36 bits per heavy atom. The van der Waals surface area contributed by atoms with E-state index in [2.05, 4.69) is 5.10 Å². The van der Waals surface area contributed by atoms with Gasteiger partial charge in [-0.3, -0.25) is 4.68 Å². The largest absolute Gasteiger partial charge is 0.390 e. The molecule has 0 aliphatic rings. The SMILES string of the molecule is COC(C)C(O)CCc1cnn(C)c1. The molecule has 2 atom stereocenters. The van der Waals surface area contributed by atoms with Gasteiger partial charge in [-0.15, -0.1) is 0 Å². The summed E-state index contributed by atoms with van der Waals surface area (Å²) >= 11 is 0. The van der Waals surface area contributed by atoms with Crippen molar-refractivity contribution in [3.05, 3.63) is 18.0 Å². The van der Waals surface area contributed by atoms with Gasteiger partial charge in [0.05, 0.1) is 18.4 Å². The van der Waals surface area contributed by atoms with Gasteiger partial charge in [-0.25, -0.2) is 0 Å². The van der Waals surface area contributed by atoms with Crippen LogP contribution in [0, 0.1) is 0 Å². The van der Waals surface area contributed by atoms with Crippen molar-refractivity contribution in [3.63, 3.8) is 0 Å². The Morgan fingerprint density at radius 1 is 1.64 bits per heavy atom. The van der Waals surface area contributed by atoms with E-state index in [9.17, 15) is 5.11 Å². The van der Waals surface area contributed by atoms with Crippen LogP contribution in [0.4, 0.5) is 0 Å². The predicted octanol–water partition coefficient (Wildman–Crippen LogP) is 0.748. The molecule has 0 aliphatic heterocycles. The summed E-state index contributed by atoms with van der Waals surface area (Å²) in [5.74, 6) is 0. The highest BCUT2D eigenvalue weighted by Crippen LogP contribution is 2.07. The van der Waals surface area contributed by atoms with E-state index >= 15 is 0 Å². The minimum Gasteiger partial charge on any atom is -0.390 e. The summed E-state index contributed by atoms with van der Waals surface area (Å²) in [6, 6.07) is 0. The molecule has 0 radical (unpaired) electrons. The smallest absolute Gasteiger partial charge is 0.0802 e. The third-order valence-electron chi connectivity index (χ3n) is 2.40. The summed E-state index contributed by atoms with van der Waals surface area (Å²) in [4.78, 5) is 0. The predicted molar refractivity (Wildman–Crippen MR) is 54.0 cm³/mol. The Hall–Kier alpha value is -0.870. The summed E-state index contributed by atoms with van der Waals surface area (Å²) in [5.41, 5.74) is 1.15. The summed E-state index contributed by atoms with van der Waals surface area (Å²) in [6.07, 6.45) is 4.82. The summed E-state index contributed by atoms with van der Waals surface area (Å²) in [6.45, 7) is 1.87. The first-order chi connectivity index (χ1) is 6.63. The van der Waals surface area contributed by atoms with E-state index in [1.807, 2.05) is 26.4 Å². The van der Waals surface area contributed by atoms with Crippen molar-refractivity contribution in [1.29, 1.82) is 0 Å². The van der Waals surface area contributed by atoms with E-state index in [-0.39, 0.29) is 6.10 Å². The van der Waals surface area contributed by atoms with Crippen LogP contribution in [0.5, 0.6) is 0 Å². The average molecular weight is 198 g/mol. The van der Waals surface area contributed by atoms with Crippen LogP contribution in [-0.4, -0.2) is 34.2 Å².